The van der Waals surface area contributed by atoms with Crippen LogP contribution in [0.1, 0.15) is 22.8 Å². The molecule has 0 saturated heterocycles. The van der Waals surface area contributed by atoms with Gasteiger partial charge in [-0.1, -0.05) is 18.6 Å². The lowest BCUT2D eigenvalue weighted by atomic mass is 10.1. The molecule has 0 aliphatic heterocycles. The van der Waals surface area contributed by atoms with Gasteiger partial charge in [0.1, 0.15) is 0 Å². The summed E-state index contributed by atoms with van der Waals surface area (Å²) in [6.45, 7) is 4.13. The van der Waals surface area contributed by atoms with Crippen molar-refractivity contribution in [3.63, 3.8) is 0 Å². The smallest absolute Gasteiger partial charge is 0.254 e. The molecule has 1 N–H and O–H groups in total. The van der Waals surface area contributed by atoms with Gasteiger partial charge in [0.15, 0.2) is 0 Å². The molecule has 104 valence electrons. The molecule has 0 heterocycles. The van der Waals surface area contributed by atoms with Crippen molar-refractivity contribution in [2.75, 3.05) is 20.6 Å². The van der Waals surface area contributed by atoms with Crippen molar-refractivity contribution in [2.45, 2.75) is 13.8 Å². The quantitative estimate of drug-likeness (QED) is 0.922. The number of hydrogen-bond acceptors (Lipinski definition) is 2. The molecule has 0 aliphatic carbocycles. The van der Waals surface area contributed by atoms with E-state index in [1.807, 2.05) is 25.1 Å². The van der Waals surface area contributed by atoms with Crippen LogP contribution in [-0.2, 0) is 4.79 Å². The summed E-state index contributed by atoms with van der Waals surface area (Å²) in [5.41, 5.74) is 1.64. The molecule has 0 aromatic heterocycles. The van der Waals surface area contributed by atoms with E-state index in [1.165, 1.54) is 0 Å². The van der Waals surface area contributed by atoms with Gasteiger partial charge < -0.3 is 10.2 Å². The van der Waals surface area contributed by atoms with Gasteiger partial charge in [-0.2, -0.15) is 0 Å². The SMILES string of the molecule is CNC(=O)C(C)CN(C)C(=O)c1cc(C)ccc1Br. The summed E-state index contributed by atoms with van der Waals surface area (Å²) in [7, 11) is 3.30. The van der Waals surface area contributed by atoms with Gasteiger partial charge in [-0.25, -0.2) is 0 Å². The molecule has 0 bridgehead atoms. The summed E-state index contributed by atoms with van der Waals surface area (Å²) in [5.74, 6) is -0.392. The highest BCUT2D eigenvalue weighted by atomic mass is 79.9. The fourth-order valence-corrected chi connectivity index (χ4v) is 2.25. The van der Waals surface area contributed by atoms with Crippen molar-refractivity contribution < 1.29 is 9.59 Å². The first-order valence-corrected chi connectivity index (χ1v) is 6.89. The molecule has 0 spiro atoms. The van der Waals surface area contributed by atoms with Crippen LogP contribution in [0, 0.1) is 12.8 Å². The van der Waals surface area contributed by atoms with Crippen LogP contribution in [-0.4, -0.2) is 37.4 Å². The Morgan fingerprint density at radius 1 is 1.42 bits per heavy atom. The number of carbonyl (C=O) groups is 2. The molecule has 0 aliphatic rings. The van der Waals surface area contributed by atoms with Crippen LogP contribution < -0.4 is 5.32 Å². The predicted molar refractivity (Wildman–Crippen MR) is 79.1 cm³/mol. The van der Waals surface area contributed by atoms with E-state index in [-0.39, 0.29) is 17.7 Å². The minimum Gasteiger partial charge on any atom is -0.359 e. The lowest BCUT2D eigenvalue weighted by Gasteiger charge is -2.21. The molecule has 1 aromatic carbocycles. The Morgan fingerprint density at radius 3 is 2.63 bits per heavy atom. The predicted octanol–water partition coefficient (Wildman–Crippen LogP) is 2.21. The van der Waals surface area contributed by atoms with Gasteiger partial charge in [0.25, 0.3) is 5.91 Å². The Morgan fingerprint density at radius 2 is 2.05 bits per heavy atom. The topological polar surface area (TPSA) is 49.4 Å². The zero-order valence-corrected chi connectivity index (χ0v) is 13.2. The molecular formula is C14H19BrN2O2. The lowest BCUT2D eigenvalue weighted by Crippen LogP contribution is -2.37. The number of amides is 2. The molecule has 0 fully saturated rings. The molecule has 0 saturated carbocycles. The Hall–Kier alpha value is -1.36. The monoisotopic (exact) mass is 326 g/mol. The normalized spacial score (nSPS) is 11.8. The maximum Gasteiger partial charge on any atom is 0.254 e. The molecule has 2 amide bonds. The van der Waals surface area contributed by atoms with Crippen LogP contribution in [0.4, 0.5) is 0 Å². The first-order valence-electron chi connectivity index (χ1n) is 6.10. The number of rotatable bonds is 4. The minimum absolute atomic E-state index is 0.0667. The van der Waals surface area contributed by atoms with Gasteiger partial charge in [-0.15, -0.1) is 0 Å². The average molecular weight is 327 g/mol. The van der Waals surface area contributed by atoms with Crippen molar-refractivity contribution in [1.29, 1.82) is 0 Å². The average Bonchev–Trinajstić information content (AvgIpc) is 2.39. The third-order valence-corrected chi connectivity index (χ3v) is 3.63. The maximum absolute atomic E-state index is 12.3. The van der Waals surface area contributed by atoms with Crippen LogP contribution in [0.5, 0.6) is 0 Å². The number of nitrogens with one attached hydrogen (secondary N) is 1. The van der Waals surface area contributed by atoms with E-state index in [0.717, 1.165) is 10.0 Å². The maximum atomic E-state index is 12.3. The summed E-state index contributed by atoms with van der Waals surface area (Å²) < 4.78 is 0.766. The van der Waals surface area contributed by atoms with Crippen LogP contribution in [0.25, 0.3) is 0 Å². The molecule has 1 unspecified atom stereocenters. The van der Waals surface area contributed by atoms with Gasteiger partial charge in [0.05, 0.1) is 11.5 Å². The highest BCUT2D eigenvalue weighted by Gasteiger charge is 2.19. The van der Waals surface area contributed by atoms with Gasteiger partial charge in [0.2, 0.25) is 5.91 Å². The first-order chi connectivity index (χ1) is 8.86. The number of hydrogen-bond donors (Lipinski definition) is 1. The molecule has 1 atom stereocenters. The third-order valence-electron chi connectivity index (χ3n) is 2.94. The third kappa shape index (κ3) is 4.06. The lowest BCUT2D eigenvalue weighted by molar-refractivity contribution is -0.124. The standard InChI is InChI=1S/C14H19BrN2O2/c1-9-5-6-12(15)11(7-9)14(19)17(4)8-10(2)13(18)16-3/h5-7,10H,8H2,1-4H3,(H,16,18). The largest absolute Gasteiger partial charge is 0.359 e. The van der Waals surface area contributed by atoms with Gasteiger partial charge in [-0.05, 0) is 35.0 Å². The van der Waals surface area contributed by atoms with Crippen LogP contribution >= 0.6 is 15.9 Å². The Kier molecular flexibility index (Phi) is 5.54. The molecule has 0 radical (unpaired) electrons. The van der Waals surface area contributed by atoms with Crippen molar-refractivity contribution in [1.82, 2.24) is 10.2 Å². The number of halogens is 1. The van der Waals surface area contributed by atoms with Crippen LogP contribution in [0.2, 0.25) is 0 Å². The van der Waals surface area contributed by atoms with E-state index < -0.39 is 0 Å². The second kappa shape index (κ2) is 6.70. The van der Waals surface area contributed by atoms with E-state index in [4.69, 9.17) is 0 Å². The van der Waals surface area contributed by atoms with E-state index in [1.54, 1.807) is 25.9 Å². The van der Waals surface area contributed by atoms with Crippen molar-refractivity contribution in [3.05, 3.63) is 33.8 Å². The number of nitrogens with zero attached hydrogens (tertiary/aromatic N) is 1. The summed E-state index contributed by atoms with van der Waals surface area (Å²) in [6, 6.07) is 5.64. The van der Waals surface area contributed by atoms with E-state index in [0.29, 0.717) is 12.1 Å². The highest BCUT2D eigenvalue weighted by molar-refractivity contribution is 9.10. The Balaban J connectivity index is 2.82. The molecule has 5 heteroatoms. The summed E-state index contributed by atoms with van der Waals surface area (Å²) in [6.07, 6.45) is 0. The first kappa shape index (κ1) is 15.7. The molecule has 4 nitrogen and oxygen atoms in total. The Labute approximate surface area is 122 Å². The number of carbonyl (C=O) groups excluding carboxylic acids is 2. The van der Waals surface area contributed by atoms with Crippen LogP contribution in [0.15, 0.2) is 22.7 Å². The fraction of sp³-hybridized carbons (Fsp3) is 0.429. The van der Waals surface area contributed by atoms with Gasteiger partial charge in [0, 0.05) is 25.1 Å². The number of benzene rings is 1. The van der Waals surface area contributed by atoms with Crippen molar-refractivity contribution in [3.8, 4) is 0 Å². The molecular weight excluding hydrogens is 308 g/mol. The zero-order valence-electron chi connectivity index (χ0n) is 11.7. The summed E-state index contributed by atoms with van der Waals surface area (Å²) in [4.78, 5) is 25.4. The van der Waals surface area contributed by atoms with Crippen LogP contribution in [0.3, 0.4) is 0 Å². The zero-order chi connectivity index (χ0) is 14.6. The second-order valence-electron chi connectivity index (χ2n) is 4.68. The summed E-state index contributed by atoms with van der Waals surface area (Å²) >= 11 is 3.38. The molecule has 1 rings (SSSR count). The Bertz CT molecular complexity index is 488. The van der Waals surface area contributed by atoms with Crippen molar-refractivity contribution in [2.24, 2.45) is 5.92 Å². The van der Waals surface area contributed by atoms with E-state index in [9.17, 15) is 9.59 Å². The van der Waals surface area contributed by atoms with Gasteiger partial charge in [-0.3, -0.25) is 9.59 Å². The van der Waals surface area contributed by atoms with E-state index in [2.05, 4.69) is 21.2 Å². The number of aryl methyl sites for hydroxylation is 1. The van der Waals surface area contributed by atoms with E-state index >= 15 is 0 Å². The fourth-order valence-electron chi connectivity index (χ4n) is 1.83. The molecule has 1 aromatic rings. The second-order valence-corrected chi connectivity index (χ2v) is 5.54. The minimum atomic E-state index is -0.234. The highest BCUT2D eigenvalue weighted by Crippen LogP contribution is 2.20. The molecule has 19 heavy (non-hydrogen) atoms. The van der Waals surface area contributed by atoms with Crippen molar-refractivity contribution >= 4 is 27.7 Å². The van der Waals surface area contributed by atoms with Gasteiger partial charge >= 0.3 is 0 Å². The summed E-state index contributed by atoms with van der Waals surface area (Å²) in [5, 5.41) is 2.58.